The third-order valence-corrected chi connectivity index (χ3v) is 2.97. The van der Waals surface area contributed by atoms with Gasteiger partial charge < -0.3 is 23.7 Å². The van der Waals surface area contributed by atoms with Crippen molar-refractivity contribution < 1.29 is 28.5 Å². The van der Waals surface area contributed by atoms with Crippen molar-refractivity contribution in [3.8, 4) is 17.2 Å². The van der Waals surface area contributed by atoms with Crippen molar-refractivity contribution in [3.63, 3.8) is 0 Å². The molecule has 0 unspecified atom stereocenters. The quantitative estimate of drug-likeness (QED) is 0.487. The van der Waals surface area contributed by atoms with Crippen molar-refractivity contribution in [2.45, 2.75) is 0 Å². The van der Waals surface area contributed by atoms with Gasteiger partial charge in [0.2, 0.25) is 5.75 Å². The zero-order chi connectivity index (χ0) is 15.7. The molecular formula is C14H19ClO6. The lowest BCUT2D eigenvalue weighted by Gasteiger charge is -2.18. The minimum absolute atomic E-state index is 0.175. The SMILES string of the molecule is COCCOc1c(OC)cc(C=O)c(Cl)c1OCCOC. The lowest BCUT2D eigenvalue weighted by Crippen LogP contribution is -2.10. The second kappa shape index (κ2) is 9.44. The van der Waals surface area contributed by atoms with E-state index in [0.29, 0.717) is 37.6 Å². The molecule has 0 aliphatic rings. The van der Waals surface area contributed by atoms with Crippen molar-refractivity contribution in [1.29, 1.82) is 0 Å². The number of ether oxygens (including phenoxy) is 5. The van der Waals surface area contributed by atoms with Crippen molar-refractivity contribution in [2.24, 2.45) is 0 Å². The van der Waals surface area contributed by atoms with Crippen LogP contribution >= 0.6 is 11.6 Å². The summed E-state index contributed by atoms with van der Waals surface area (Å²) in [6.07, 6.45) is 0.632. The Labute approximate surface area is 128 Å². The van der Waals surface area contributed by atoms with Gasteiger partial charge >= 0.3 is 0 Å². The number of halogens is 1. The fraction of sp³-hybridized carbons (Fsp3) is 0.500. The van der Waals surface area contributed by atoms with E-state index in [-0.39, 0.29) is 22.9 Å². The third kappa shape index (κ3) is 4.77. The predicted octanol–water partition coefficient (Wildman–Crippen LogP) is 2.21. The van der Waals surface area contributed by atoms with Crippen LogP contribution in [0.15, 0.2) is 6.07 Å². The summed E-state index contributed by atoms with van der Waals surface area (Å²) in [5.41, 5.74) is 0.264. The van der Waals surface area contributed by atoms with E-state index in [4.69, 9.17) is 35.3 Å². The van der Waals surface area contributed by atoms with Gasteiger partial charge in [-0.1, -0.05) is 11.6 Å². The molecule has 6 nitrogen and oxygen atoms in total. The van der Waals surface area contributed by atoms with Crippen molar-refractivity contribution in [3.05, 3.63) is 16.7 Å². The Morgan fingerprint density at radius 3 is 2.05 bits per heavy atom. The number of aldehydes is 1. The summed E-state index contributed by atoms with van der Waals surface area (Å²) in [4.78, 5) is 11.1. The molecule has 0 atom stereocenters. The normalized spacial score (nSPS) is 10.3. The highest BCUT2D eigenvalue weighted by atomic mass is 35.5. The molecule has 0 saturated carbocycles. The van der Waals surface area contributed by atoms with Crippen LogP contribution in [0.4, 0.5) is 0 Å². The molecule has 0 fully saturated rings. The summed E-state index contributed by atoms with van der Waals surface area (Å²) >= 11 is 6.17. The average molecular weight is 319 g/mol. The molecule has 0 saturated heterocycles. The summed E-state index contributed by atoms with van der Waals surface area (Å²) in [6, 6.07) is 1.50. The molecule has 21 heavy (non-hydrogen) atoms. The standard InChI is InChI=1S/C14H19ClO6/c1-17-4-6-20-13-11(19-3)8-10(9-16)12(15)14(13)21-7-5-18-2/h8-9H,4-7H2,1-3H3. The number of benzene rings is 1. The van der Waals surface area contributed by atoms with Gasteiger partial charge in [0.1, 0.15) is 13.2 Å². The maximum Gasteiger partial charge on any atom is 0.205 e. The Hall–Kier alpha value is -1.50. The van der Waals surface area contributed by atoms with Gasteiger partial charge in [-0.25, -0.2) is 0 Å². The summed E-state index contributed by atoms with van der Waals surface area (Å²) in [7, 11) is 4.60. The van der Waals surface area contributed by atoms with E-state index in [0.717, 1.165) is 0 Å². The summed E-state index contributed by atoms with van der Waals surface area (Å²) < 4.78 is 26.2. The second-order valence-electron chi connectivity index (χ2n) is 3.94. The molecule has 0 amide bonds. The molecule has 0 heterocycles. The van der Waals surface area contributed by atoms with E-state index in [1.807, 2.05) is 0 Å². The largest absolute Gasteiger partial charge is 0.493 e. The molecule has 0 bridgehead atoms. The Kier molecular flexibility index (Phi) is 7.89. The van der Waals surface area contributed by atoms with Gasteiger partial charge in [0.05, 0.1) is 25.3 Å². The first-order valence-corrected chi connectivity index (χ1v) is 6.66. The highest BCUT2D eigenvalue weighted by molar-refractivity contribution is 6.34. The monoisotopic (exact) mass is 318 g/mol. The molecule has 1 aromatic carbocycles. The van der Waals surface area contributed by atoms with E-state index in [1.54, 1.807) is 14.2 Å². The molecule has 0 aliphatic carbocycles. The zero-order valence-corrected chi connectivity index (χ0v) is 13.1. The minimum Gasteiger partial charge on any atom is -0.493 e. The predicted molar refractivity (Wildman–Crippen MR) is 78.1 cm³/mol. The maximum atomic E-state index is 11.1. The average Bonchev–Trinajstić information content (AvgIpc) is 2.50. The van der Waals surface area contributed by atoms with E-state index in [9.17, 15) is 4.79 Å². The van der Waals surface area contributed by atoms with Gasteiger partial charge in [-0.05, 0) is 6.07 Å². The molecule has 7 heteroatoms. The third-order valence-electron chi connectivity index (χ3n) is 2.58. The smallest absolute Gasteiger partial charge is 0.205 e. The Balaban J connectivity index is 3.13. The van der Waals surface area contributed by atoms with E-state index >= 15 is 0 Å². The summed E-state index contributed by atoms with van der Waals surface area (Å²) in [6.45, 7) is 1.34. The lowest BCUT2D eigenvalue weighted by atomic mass is 10.2. The Morgan fingerprint density at radius 2 is 1.57 bits per heavy atom. The number of hydrogen-bond donors (Lipinski definition) is 0. The molecular weight excluding hydrogens is 300 g/mol. The second-order valence-corrected chi connectivity index (χ2v) is 4.32. The van der Waals surface area contributed by atoms with Crippen LogP contribution in [0.3, 0.4) is 0 Å². The minimum atomic E-state index is 0.175. The molecule has 0 aromatic heterocycles. The Bertz CT molecular complexity index is 463. The summed E-state index contributed by atoms with van der Waals surface area (Å²) in [5.74, 6) is 0.956. The zero-order valence-electron chi connectivity index (χ0n) is 12.3. The first kappa shape index (κ1) is 17.6. The van der Waals surface area contributed by atoms with Crippen LogP contribution < -0.4 is 14.2 Å². The number of methoxy groups -OCH3 is 3. The van der Waals surface area contributed by atoms with Crippen molar-refractivity contribution >= 4 is 17.9 Å². The van der Waals surface area contributed by atoms with Crippen LogP contribution in [-0.2, 0) is 9.47 Å². The van der Waals surface area contributed by atoms with Crippen LogP contribution in [0, 0.1) is 0 Å². The van der Waals surface area contributed by atoms with Crippen LogP contribution in [0.25, 0.3) is 0 Å². The van der Waals surface area contributed by atoms with E-state index < -0.39 is 0 Å². The molecule has 1 rings (SSSR count). The van der Waals surface area contributed by atoms with Gasteiger partial charge in [-0.3, -0.25) is 4.79 Å². The summed E-state index contributed by atoms with van der Waals surface area (Å²) in [5, 5.41) is 0.175. The topological polar surface area (TPSA) is 63.2 Å². The fourth-order valence-corrected chi connectivity index (χ4v) is 1.81. The van der Waals surface area contributed by atoms with Crippen LogP contribution in [0.1, 0.15) is 10.4 Å². The maximum absolute atomic E-state index is 11.1. The van der Waals surface area contributed by atoms with Gasteiger partial charge in [-0.15, -0.1) is 0 Å². The molecule has 0 aliphatic heterocycles. The number of carbonyl (C=O) groups is 1. The van der Waals surface area contributed by atoms with Crippen LogP contribution in [0.5, 0.6) is 17.2 Å². The van der Waals surface area contributed by atoms with Gasteiger partial charge in [0.25, 0.3) is 0 Å². The molecule has 0 spiro atoms. The Morgan fingerprint density at radius 1 is 1.00 bits per heavy atom. The molecule has 0 radical (unpaired) electrons. The number of hydrogen-bond acceptors (Lipinski definition) is 6. The first-order valence-electron chi connectivity index (χ1n) is 6.28. The van der Waals surface area contributed by atoms with Crippen LogP contribution in [0.2, 0.25) is 5.02 Å². The van der Waals surface area contributed by atoms with Gasteiger partial charge in [-0.2, -0.15) is 0 Å². The van der Waals surface area contributed by atoms with E-state index in [2.05, 4.69) is 0 Å². The van der Waals surface area contributed by atoms with E-state index in [1.165, 1.54) is 13.2 Å². The van der Waals surface area contributed by atoms with Crippen molar-refractivity contribution in [2.75, 3.05) is 47.8 Å². The fourth-order valence-electron chi connectivity index (χ4n) is 1.57. The van der Waals surface area contributed by atoms with Crippen LogP contribution in [-0.4, -0.2) is 54.0 Å². The highest BCUT2D eigenvalue weighted by Gasteiger charge is 2.20. The highest BCUT2D eigenvalue weighted by Crippen LogP contribution is 2.44. The number of rotatable bonds is 10. The lowest BCUT2D eigenvalue weighted by molar-refractivity contribution is 0.112. The van der Waals surface area contributed by atoms with Crippen molar-refractivity contribution in [1.82, 2.24) is 0 Å². The van der Waals surface area contributed by atoms with Gasteiger partial charge in [0.15, 0.2) is 17.8 Å². The molecule has 0 N–H and O–H groups in total. The molecule has 1 aromatic rings. The first-order chi connectivity index (χ1) is 10.2. The van der Waals surface area contributed by atoms with Gasteiger partial charge in [0, 0.05) is 19.8 Å². The number of carbonyl (C=O) groups excluding carboxylic acids is 1. The molecule has 118 valence electrons.